The second kappa shape index (κ2) is 7.45. The maximum atomic E-state index is 5.72. The average Bonchev–Trinajstić information content (AvgIpc) is 2.65. The zero-order valence-corrected chi connectivity index (χ0v) is 14.3. The number of nitrogens with one attached hydrogen (secondary N) is 1. The van der Waals surface area contributed by atoms with Crippen molar-refractivity contribution in [2.24, 2.45) is 0 Å². The van der Waals surface area contributed by atoms with Crippen molar-refractivity contribution in [3.8, 4) is 23.0 Å². The van der Waals surface area contributed by atoms with Crippen molar-refractivity contribution in [1.82, 2.24) is 5.32 Å². The maximum absolute atomic E-state index is 5.72. The summed E-state index contributed by atoms with van der Waals surface area (Å²) >= 11 is 0. The van der Waals surface area contributed by atoms with Gasteiger partial charge in [-0.1, -0.05) is 24.3 Å². The minimum Gasteiger partial charge on any atom is -0.493 e. The Morgan fingerprint density at radius 1 is 1.00 bits per heavy atom. The molecule has 0 amide bonds. The van der Waals surface area contributed by atoms with E-state index in [1.165, 1.54) is 5.56 Å². The molecule has 128 valence electrons. The Balaban J connectivity index is 1.81. The molecule has 2 aromatic rings. The van der Waals surface area contributed by atoms with Crippen molar-refractivity contribution in [2.75, 3.05) is 27.9 Å². The fraction of sp³-hybridized carbons (Fsp3) is 0.368. The molecule has 1 aliphatic rings. The number of hydrogen-bond acceptors (Lipinski definition) is 5. The minimum absolute atomic E-state index is 0.257. The molecule has 0 bridgehead atoms. The third kappa shape index (κ3) is 3.12. The van der Waals surface area contributed by atoms with Gasteiger partial charge >= 0.3 is 0 Å². The van der Waals surface area contributed by atoms with E-state index in [9.17, 15) is 0 Å². The summed E-state index contributed by atoms with van der Waals surface area (Å²) in [6.45, 7) is 1.39. The Morgan fingerprint density at radius 3 is 2.54 bits per heavy atom. The van der Waals surface area contributed by atoms with E-state index in [0.717, 1.165) is 24.3 Å². The van der Waals surface area contributed by atoms with E-state index in [1.54, 1.807) is 21.3 Å². The Hall–Kier alpha value is -2.40. The number of ether oxygens (including phenoxy) is 4. The molecule has 0 spiro atoms. The van der Waals surface area contributed by atoms with E-state index in [0.29, 0.717) is 23.8 Å². The van der Waals surface area contributed by atoms with Gasteiger partial charge in [-0.05, 0) is 12.1 Å². The van der Waals surface area contributed by atoms with E-state index in [-0.39, 0.29) is 6.04 Å². The highest BCUT2D eigenvalue weighted by Crippen LogP contribution is 2.40. The van der Waals surface area contributed by atoms with Gasteiger partial charge in [0.1, 0.15) is 5.75 Å². The van der Waals surface area contributed by atoms with Gasteiger partial charge in [0, 0.05) is 30.1 Å². The average molecular weight is 329 g/mol. The summed E-state index contributed by atoms with van der Waals surface area (Å²) in [5.74, 6) is 2.94. The van der Waals surface area contributed by atoms with Crippen LogP contribution in [-0.2, 0) is 6.54 Å². The normalized spacial score (nSPS) is 16.0. The fourth-order valence-corrected chi connectivity index (χ4v) is 3.09. The molecular weight excluding hydrogens is 306 g/mol. The van der Waals surface area contributed by atoms with Crippen LogP contribution in [0.3, 0.4) is 0 Å². The van der Waals surface area contributed by atoms with Crippen LogP contribution in [0.5, 0.6) is 23.0 Å². The Morgan fingerprint density at radius 2 is 1.79 bits per heavy atom. The van der Waals surface area contributed by atoms with Crippen molar-refractivity contribution < 1.29 is 18.9 Å². The molecule has 0 aliphatic carbocycles. The lowest BCUT2D eigenvalue weighted by atomic mass is 10.00. The molecule has 0 fully saturated rings. The molecule has 5 nitrogen and oxygen atoms in total. The molecule has 0 aromatic heterocycles. The molecule has 24 heavy (non-hydrogen) atoms. The monoisotopic (exact) mass is 329 g/mol. The minimum atomic E-state index is 0.257. The van der Waals surface area contributed by atoms with Gasteiger partial charge in [-0.25, -0.2) is 0 Å². The SMILES string of the molecule is COc1ccc(CNC2CCOc3ccccc32)c(OC)c1OC. The molecule has 1 unspecified atom stereocenters. The molecule has 0 saturated carbocycles. The fourth-order valence-electron chi connectivity index (χ4n) is 3.09. The predicted octanol–water partition coefficient (Wildman–Crippen LogP) is 3.33. The van der Waals surface area contributed by atoms with Crippen LogP contribution < -0.4 is 24.3 Å². The van der Waals surface area contributed by atoms with Gasteiger partial charge in [0.15, 0.2) is 11.5 Å². The first kappa shape index (κ1) is 16.5. The van der Waals surface area contributed by atoms with Crippen LogP contribution in [0.2, 0.25) is 0 Å². The third-order valence-electron chi connectivity index (χ3n) is 4.28. The van der Waals surface area contributed by atoms with Crippen LogP contribution in [0.4, 0.5) is 0 Å². The number of para-hydroxylation sites is 1. The van der Waals surface area contributed by atoms with Crippen molar-refractivity contribution in [1.29, 1.82) is 0 Å². The van der Waals surface area contributed by atoms with E-state index in [2.05, 4.69) is 11.4 Å². The Labute approximate surface area is 142 Å². The molecule has 0 radical (unpaired) electrons. The zero-order chi connectivity index (χ0) is 16.9. The number of benzene rings is 2. The van der Waals surface area contributed by atoms with Gasteiger partial charge in [-0.3, -0.25) is 0 Å². The summed E-state index contributed by atoms with van der Waals surface area (Å²) in [7, 11) is 4.88. The summed E-state index contributed by atoms with van der Waals surface area (Å²) in [5, 5.41) is 3.60. The first-order valence-corrected chi connectivity index (χ1v) is 8.01. The van der Waals surface area contributed by atoms with E-state index in [1.807, 2.05) is 30.3 Å². The summed E-state index contributed by atoms with van der Waals surface area (Å²) < 4.78 is 22.0. The predicted molar refractivity (Wildman–Crippen MR) is 92.2 cm³/mol. The summed E-state index contributed by atoms with van der Waals surface area (Å²) in [6.07, 6.45) is 0.937. The highest BCUT2D eigenvalue weighted by molar-refractivity contribution is 5.55. The Kier molecular flexibility index (Phi) is 5.11. The zero-order valence-electron chi connectivity index (χ0n) is 14.3. The van der Waals surface area contributed by atoms with Crippen molar-refractivity contribution >= 4 is 0 Å². The topological polar surface area (TPSA) is 49.0 Å². The molecule has 3 rings (SSSR count). The lowest BCUT2D eigenvalue weighted by molar-refractivity contribution is 0.251. The first-order valence-electron chi connectivity index (χ1n) is 8.01. The lowest BCUT2D eigenvalue weighted by Crippen LogP contribution is -2.26. The van der Waals surface area contributed by atoms with Crippen molar-refractivity contribution in [3.05, 3.63) is 47.5 Å². The third-order valence-corrected chi connectivity index (χ3v) is 4.28. The molecule has 1 aliphatic heterocycles. The number of methoxy groups -OCH3 is 3. The second-order valence-corrected chi connectivity index (χ2v) is 5.60. The van der Waals surface area contributed by atoms with Gasteiger partial charge in [0.05, 0.1) is 27.9 Å². The molecule has 1 heterocycles. The van der Waals surface area contributed by atoms with Gasteiger partial charge in [0.2, 0.25) is 5.75 Å². The van der Waals surface area contributed by atoms with E-state index in [4.69, 9.17) is 18.9 Å². The van der Waals surface area contributed by atoms with Crippen LogP contribution in [-0.4, -0.2) is 27.9 Å². The van der Waals surface area contributed by atoms with Gasteiger partial charge < -0.3 is 24.3 Å². The smallest absolute Gasteiger partial charge is 0.203 e. The highest BCUT2D eigenvalue weighted by Gasteiger charge is 2.22. The van der Waals surface area contributed by atoms with Crippen LogP contribution in [0.25, 0.3) is 0 Å². The second-order valence-electron chi connectivity index (χ2n) is 5.60. The number of rotatable bonds is 6. The molecule has 1 N–H and O–H groups in total. The van der Waals surface area contributed by atoms with Crippen molar-refractivity contribution in [3.63, 3.8) is 0 Å². The summed E-state index contributed by atoms with van der Waals surface area (Å²) in [5.41, 5.74) is 2.22. The molecule has 0 saturated heterocycles. The lowest BCUT2D eigenvalue weighted by Gasteiger charge is -2.27. The van der Waals surface area contributed by atoms with Gasteiger partial charge in [-0.2, -0.15) is 0 Å². The van der Waals surface area contributed by atoms with Crippen molar-refractivity contribution in [2.45, 2.75) is 19.0 Å². The number of fused-ring (bicyclic) bond motifs is 1. The molecular formula is C19H23NO4. The van der Waals surface area contributed by atoms with Crippen LogP contribution in [0, 0.1) is 0 Å². The van der Waals surface area contributed by atoms with Crippen LogP contribution >= 0.6 is 0 Å². The number of hydrogen-bond donors (Lipinski definition) is 1. The summed E-state index contributed by atoms with van der Waals surface area (Å²) in [6, 6.07) is 12.3. The molecule has 2 aromatic carbocycles. The highest BCUT2D eigenvalue weighted by atomic mass is 16.5. The summed E-state index contributed by atoms with van der Waals surface area (Å²) in [4.78, 5) is 0. The van der Waals surface area contributed by atoms with Gasteiger partial charge in [0.25, 0.3) is 0 Å². The quantitative estimate of drug-likeness (QED) is 0.881. The van der Waals surface area contributed by atoms with E-state index >= 15 is 0 Å². The first-order chi connectivity index (χ1) is 11.8. The largest absolute Gasteiger partial charge is 0.493 e. The van der Waals surface area contributed by atoms with Gasteiger partial charge in [-0.15, -0.1) is 0 Å². The van der Waals surface area contributed by atoms with Crippen LogP contribution in [0.15, 0.2) is 36.4 Å². The molecule has 1 atom stereocenters. The van der Waals surface area contributed by atoms with Crippen LogP contribution in [0.1, 0.15) is 23.6 Å². The molecule has 5 heteroatoms. The maximum Gasteiger partial charge on any atom is 0.203 e. The van der Waals surface area contributed by atoms with E-state index < -0.39 is 0 Å². The Bertz CT molecular complexity index is 702. The standard InChI is InChI=1S/C19H23NO4/c1-21-17-9-8-13(18(22-2)19(17)23-3)12-20-15-10-11-24-16-7-5-4-6-14(15)16/h4-9,15,20H,10-12H2,1-3H3.